The van der Waals surface area contributed by atoms with Crippen molar-refractivity contribution in [2.24, 2.45) is 5.92 Å². The molecule has 3 fully saturated rings. The number of likely N-dealkylation sites (tertiary alicyclic amines) is 2. The Kier molecular flexibility index (Phi) is 9.86. The van der Waals surface area contributed by atoms with E-state index in [1.54, 1.807) is 0 Å². The molecule has 0 radical (unpaired) electrons. The third kappa shape index (κ3) is 7.36. The van der Waals surface area contributed by atoms with Gasteiger partial charge >= 0.3 is 0 Å². The van der Waals surface area contributed by atoms with Crippen LogP contribution in [0.25, 0.3) is 0 Å². The average molecular weight is 584 g/mol. The molecule has 3 aliphatic heterocycles. The van der Waals surface area contributed by atoms with Crippen molar-refractivity contribution in [3.8, 4) is 0 Å². The molecular formula is C36H45N3O4. The predicted octanol–water partition coefficient (Wildman–Crippen LogP) is 5.46. The molecular weight excluding hydrogens is 538 g/mol. The Bertz CT molecular complexity index is 1310. The molecule has 3 aromatic rings. The van der Waals surface area contributed by atoms with E-state index in [1.807, 2.05) is 54.6 Å². The highest BCUT2D eigenvalue weighted by atomic mass is 16.7. The third-order valence-corrected chi connectivity index (χ3v) is 9.45. The maximum absolute atomic E-state index is 12.5. The smallest absolute Gasteiger partial charge is 0.251 e. The highest BCUT2D eigenvalue weighted by Gasteiger charge is 2.40. The zero-order chi connectivity index (χ0) is 29.6. The van der Waals surface area contributed by atoms with E-state index < -0.39 is 6.29 Å². The maximum atomic E-state index is 12.5. The first-order chi connectivity index (χ1) is 21.1. The molecule has 5 atom stereocenters. The van der Waals surface area contributed by atoms with Gasteiger partial charge in [0.2, 0.25) is 0 Å². The first-order valence-corrected chi connectivity index (χ1v) is 16.0. The normalized spacial score (nSPS) is 26.5. The topological polar surface area (TPSA) is 74.3 Å². The number of carbonyl (C=O) groups excluding carboxylic acids is 1. The number of ether oxygens (including phenoxy) is 2. The zero-order valence-electron chi connectivity index (χ0n) is 25.2. The van der Waals surface area contributed by atoms with E-state index in [9.17, 15) is 9.90 Å². The number of nitrogens with one attached hydrogen (secondary N) is 1. The number of benzene rings is 3. The second kappa shape index (κ2) is 14.1. The molecule has 0 aromatic heterocycles. The monoisotopic (exact) mass is 583 g/mol. The Morgan fingerprint density at radius 1 is 0.837 bits per heavy atom. The molecule has 0 bridgehead atoms. The molecule has 6 rings (SSSR count). The van der Waals surface area contributed by atoms with E-state index in [-0.39, 0.29) is 30.6 Å². The maximum Gasteiger partial charge on any atom is 0.251 e. The number of rotatable bonds is 10. The summed E-state index contributed by atoms with van der Waals surface area (Å²) in [5.41, 5.74) is 4.66. The lowest BCUT2D eigenvalue weighted by molar-refractivity contribution is -0.276. The average Bonchev–Trinajstić information content (AvgIpc) is 3.74. The van der Waals surface area contributed by atoms with E-state index >= 15 is 0 Å². The van der Waals surface area contributed by atoms with Crippen LogP contribution in [0.15, 0.2) is 78.9 Å². The molecule has 7 heteroatoms. The number of hydrogen-bond acceptors (Lipinski definition) is 6. The van der Waals surface area contributed by atoms with Gasteiger partial charge in [-0.15, -0.1) is 0 Å². The Morgan fingerprint density at radius 2 is 1.53 bits per heavy atom. The van der Waals surface area contributed by atoms with Crippen molar-refractivity contribution < 1.29 is 19.4 Å². The molecule has 0 aliphatic carbocycles. The van der Waals surface area contributed by atoms with Crippen LogP contribution in [-0.4, -0.2) is 65.7 Å². The number of hydrogen-bond donors (Lipinski definition) is 2. The summed E-state index contributed by atoms with van der Waals surface area (Å²) in [4.78, 5) is 17.8. The van der Waals surface area contributed by atoms with Crippen LogP contribution in [0.4, 0.5) is 0 Å². The van der Waals surface area contributed by atoms with Crippen LogP contribution in [-0.2, 0) is 22.6 Å². The second-order valence-corrected chi connectivity index (χ2v) is 12.4. The SMILES string of the molecule is C[C@@H]1[C@H](CN2CCC[C@H]2CN2CCCC2)O[C@H](c2ccc(CNC(=O)c3ccccc3)cc2)O[C@@H]1c1ccc(CO)cc1. The van der Waals surface area contributed by atoms with Crippen LogP contribution < -0.4 is 5.32 Å². The van der Waals surface area contributed by atoms with Gasteiger partial charge in [0.05, 0.1) is 18.8 Å². The van der Waals surface area contributed by atoms with Crippen LogP contribution in [0.2, 0.25) is 0 Å². The van der Waals surface area contributed by atoms with Crippen LogP contribution in [0.1, 0.15) is 77.6 Å². The standard InChI is InChI=1S/C36H45N3O4/c1-26-33(24-39-21-7-10-32(39)23-38-19-5-6-20-38)42-36(43-34(26)29-15-13-28(25-40)14-16-29)31-17-11-27(12-18-31)22-37-35(41)30-8-3-2-4-9-30/h2-4,8-9,11-18,26,32-34,36,40H,5-7,10,19-25H2,1H3,(H,37,41)/t26-,32+,33+,34+,36+/m1/s1. The quantitative estimate of drug-likeness (QED) is 0.330. The van der Waals surface area contributed by atoms with Gasteiger partial charge in [-0.05, 0) is 74.1 Å². The molecule has 3 heterocycles. The van der Waals surface area contributed by atoms with Gasteiger partial charge in [-0.2, -0.15) is 0 Å². The molecule has 1 amide bonds. The fourth-order valence-corrected chi connectivity index (χ4v) is 6.83. The molecule has 0 unspecified atom stereocenters. The highest BCUT2D eigenvalue weighted by Crippen LogP contribution is 2.42. The van der Waals surface area contributed by atoms with Gasteiger partial charge in [0.15, 0.2) is 6.29 Å². The lowest BCUT2D eigenvalue weighted by Crippen LogP contribution is -2.48. The molecule has 0 saturated carbocycles. The Balaban J connectivity index is 1.16. The molecule has 2 N–H and O–H groups in total. The minimum absolute atomic E-state index is 0.0188. The third-order valence-electron chi connectivity index (χ3n) is 9.45. The summed E-state index contributed by atoms with van der Waals surface area (Å²) in [5, 5.41) is 12.6. The molecule has 43 heavy (non-hydrogen) atoms. The van der Waals surface area contributed by atoms with E-state index in [2.05, 4.69) is 46.3 Å². The highest BCUT2D eigenvalue weighted by molar-refractivity contribution is 5.94. The zero-order valence-corrected chi connectivity index (χ0v) is 25.2. The van der Waals surface area contributed by atoms with Crippen molar-refractivity contribution in [1.29, 1.82) is 0 Å². The summed E-state index contributed by atoms with van der Waals surface area (Å²) < 4.78 is 13.5. The van der Waals surface area contributed by atoms with E-state index in [0.29, 0.717) is 18.2 Å². The van der Waals surface area contributed by atoms with Crippen molar-refractivity contribution in [2.75, 3.05) is 32.7 Å². The summed E-state index contributed by atoms with van der Waals surface area (Å²) in [7, 11) is 0. The van der Waals surface area contributed by atoms with Crippen LogP contribution in [0.3, 0.4) is 0 Å². The molecule has 228 valence electrons. The lowest BCUT2D eigenvalue weighted by atomic mass is 9.90. The van der Waals surface area contributed by atoms with Gasteiger partial charge in [-0.25, -0.2) is 0 Å². The van der Waals surface area contributed by atoms with Gasteiger partial charge in [-0.3, -0.25) is 9.69 Å². The van der Waals surface area contributed by atoms with Crippen molar-refractivity contribution in [3.63, 3.8) is 0 Å². The molecule has 3 aromatic carbocycles. The summed E-state index contributed by atoms with van der Waals surface area (Å²) in [6.07, 6.45) is 4.55. The molecule has 0 spiro atoms. The molecule has 3 saturated heterocycles. The van der Waals surface area contributed by atoms with Gasteiger partial charge in [0, 0.05) is 42.7 Å². The number of nitrogens with zero attached hydrogens (tertiary/aromatic N) is 2. The van der Waals surface area contributed by atoms with Crippen molar-refractivity contribution in [3.05, 3.63) is 107 Å². The number of amides is 1. The first-order valence-electron chi connectivity index (χ1n) is 16.0. The van der Waals surface area contributed by atoms with Crippen molar-refractivity contribution in [1.82, 2.24) is 15.1 Å². The van der Waals surface area contributed by atoms with Gasteiger partial charge < -0.3 is 24.8 Å². The van der Waals surface area contributed by atoms with Crippen molar-refractivity contribution >= 4 is 5.91 Å². The lowest BCUT2D eigenvalue weighted by Gasteiger charge is -2.43. The summed E-state index contributed by atoms with van der Waals surface area (Å²) >= 11 is 0. The number of aliphatic hydroxyl groups is 1. The van der Waals surface area contributed by atoms with Gasteiger partial charge in [0.25, 0.3) is 5.91 Å². The minimum Gasteiger partial charge on any atom is -0.392 e. The minimum atomic E-state index is -0.490. The summed E-state index contributed by atoms with van der Waals surface area (Å²) in [5.74, 6) is 0.0807. The summed E-state index contributed by atoms with van der Waals surface area (Å²) in [6.45, 7) is 8.37. The van der Waals surface area contributed by atoms with Gasteiger partial charge in [-0.1, -0.05) is 73.7 Å². The van der Waals surface area contributed by atoms with E-state index in [1.165, 1.54) is 38.8 Å². The Labute approximate surface area is 255 Å². The number of carbonyl (C=O) groups is 1. The van der Waals surface area contributed by atoms with Crippen LogP contribution in [0.5, 0.6) is 0 Å². The van der Waals surface area contributed by atoms with Crippen molar-refractivity contribution in [2.45, 2.75) is 70.3 Å². The Hall–Kier alpha value is -3.07. The molecule has 7 nitrogen and oxygen atoms in total. The predicted molar refractivity (Wildman–Crippen MR) is 167 cm³/mol. The summed E-state index contributed by atoms with van der Waals surface area (Å²) in [6, 6.07) is 26.2. The molecule has 3 aliphatic rings. The van der Waals surface area contributed by atoms with Crippen LogP contribution in [0, 0.1) is 5.92 Å². The largest absolute Gasteiger partial charge is 0.392 e. The first kappa shape index (κ1) is 30.0. The number of aliphatic hydroxyl groups excluding tert-OH is 1. The van der Waals surface area contributed by atoms with Gasteiger partial charge in [0.1, 0.15) is 0 Å². The van der Waals surface area contributed by atoms with E-state index in [4.69, 9.17) is 9.47 Å². The van der Waals surface area contributed by atoms with Crippen LogP contribution >= 0.6 is 0 Å². The van der Waals surface area contributed by atoms with E-state index in [0.717, 1.165) is 41.9 Å². The fraction of sp³-hybridized carbons (Fsp3) is 0.472. The Morgan fingerprint density at radius 3 is 2.26 bits per heavy atom. The fourth-order valence-electron chi connectivity index (χ4n) is 6.83. The second-order valence-electron chi connectivity index (χ2n) is 12.4.